The number of hydrogen-bond donors (Lipinski definition) is 2. The number of hydrogen-bond acceptors (Lipinski definition) is 6. The van der Waals surface area contributed by atoms with Crippen molar-refractivity contribution in [1.82, 2.24) is 10.5 Å². The molecule has 0 bridgehead atoms. The zero-order valence-electron chi connectivity index (χ0n) is 17.8. The van der Waals surface area contributed by atoms with E-state index in [0.717, 1.165) is 25.0 Å². The van der Waals surface area contributed by atoms with Gasteiger partial charge in [-0.15, -0.1) is 0 Å². The van der Waals surface area contributed by atoms with Crippen LogP contribution in [0.1, 0.15) is 45.0 Å². The summed E-state index contributed by atoms with van der Waals surface area (Å²) in [6, 6.07) is 16.0. The van der Waals surface area contributed by atoms with Crippen molar-refractivity contribution < 1.29 is 23.6 Å². The fourth-order valence-electron chi connectivity index (χ4n) is 3.37. The quantitative estimate of drug-likeness (QED) is 0.559. The summed E-state index contributed by atoms with van der Waals surface area (Å²) >= 11 is 0. The summed E-state index contributed by atoms with van der Waals surface area (Å²) in [5, 5.41) is 9.46. The molecule has 1 aliphatic rings. The van der Waals surface area contributed by atoms with E-state index in [1.54, 1.807) is 36.4 Å². The Morgan fingerprint density at radius 1 is 1.12 bits per heavy atom. The molecular weight excluding hydrogens is 410 g/mol. The van der Waals surface area contributed by atoms with Crippen LogP contribution in [0.2, 0.25) is 0 Å². The third-order valence-electron chi connectivity index (χ3n) is 5.08. The first-order valence-corrected chi connectivity index (χ1v) is 10.5. The van der Waals surface area contributed by atoms with Gasteiger partial charge in [0.25, 0.3) is 11.8 Å². The fraction of sp³-hybridized carbons (Fsp3) is 0.292. The van der Waals surface area contributed by atoms with E-state index in [4.69, 9.17) is 14.0 Å². The first-order valence-electron chi connectivity index (χ1n) is 10.5. The molecule has 0 radical (unpaired) electrons. The van der Waals surface area contributed by atoms with Crippen LogP contribution in [0.5, 0.6) is 5.75 Å². The van der Waals surface area contributed by atoms with E-state index in [9.17, 15) is 9.59 Å². The van der Waals surface area contributed by atoms with Crippen molar-refractivity contribution in [2.24, 2.45) is 0 Å². The molecule has 0 spiro atoms. The zero-order valence-corrected chi connectivity index (χ0v) is 17.8. The van der Waals surface area contributed by atoms with Gasteiger partial charge in [-0.3, -0.25) is 9.59 Å². The van der Waals surface area contributed by atoms with E-state index in [-0.39, 0.29) is 30.2 Å². The summed E-state index contributed by atoms with van der Waals surface area (Å²) in [6.45, 7) is 3.27. The largest absolute Gasteiger partial charge is 0.486 e. The molecule has 2 aromatic carbocycles. The maximum Gasteiger partial charge on any atom is 0.273 e. The number of carbonyl (C=O) groups is 2. The molecule has 1 saturated heterocycles. The lowest BCUT2D eigenvalue weighted by atomic mass is 10.1. The molecule has 1 atom stereocenters. The first kappa shape index (κ1) is 21.6. The molecule has 0 unspecified atom stereocenters. The van der Waals surface area contributed by atoms with Gasteiger partial charge in [0.2, 0.25) is 0 Å². The third-order valence-corrected chi connectivity index (χ3v) is 5.08. The summed E-state index contributed by atoms with van der Waals surface area (Å²) in [4.78, 5) is 24.5. The van der Waals surface area contributed by atoms with Crippen LogP contribution in [0.15, 0.2) is 59.1 Å². The van der Waals surface area contributed by atoms with E-state index in [1.165, 1.54) is 0 Å². The topological polar surface area (TPSA) is 103 Å². The Kier molecular flexibility index (Phi) is 6.81. The summed E-state index contributed by atoms with van der Waals surface area (Å²) in [5.41, 5.74) is 2.49. The molecule has 1 aliphatic heterocycles. The SMILES string of the molecule is Cc1cccc(C(=O)Nc2ccc(OCc3cc(C(=O)NC[C@@H]4CCCO4)no3)cc2)c1. The highest BCUT2D eigenvalue weighted by Gasteiger charge is 2.18. The molecule has 1 fully saturated rings. The lowest BCUT2D eigenvalue weighted by Gasteiger charge is -2.09. The van der Waals surface area contributed by atoms with Gasteiger partial charge in [0, 0.05) is 30.5 Å². The Morgan fingerprint density at radius 2 is 1.97 bits per heavy atom. The van der Waals surface area contributed by atoms with Gasteiger partial charge in [0.15, 0.2) is 11.5 Å². The predicted molar refractivity (Wildman–Crippen MR) is 118 cm³/mol. The van der Waals surface area contributed by atoms with Crippen LogP contribution in [0, 0.1) is 6.92 Å². The number of benzene rings is 2. The highest BCUT2D eigenvalue weighted by molar-refractivity contribution is 6.04. The number of ether oxygens (including phenoxy) is 2. The van der Waals surface area contributed by atoms with Crippen molar-refractivity contribution >= 4 is 17.5 Å². The summed E-state index contributed by atoms with van der Waals surface area (Å²) in [7, 11) is 0. The predicted octanol–water partition coefficient (Wildman–Crippen LogP) is 3.72. The maximum absolute atomic E-state index is 12.3. The van der Waals surface area contributed by atoms with E-state index in [1.807, 2.05) is 25.1 Å². The number of aryl methyl sites for hydroxylation is 1. The zero-order chi connectivity index (χ0) is 22.3. The average Bonchev–Trinajstić information content (AvgIpc) is 3.49. The Balaban J connectivity index is 1.25. The van der Waals surface area contributed by atoms with Gasteiger partial charge in [0.1, 0.15) is 12.4 Å². The number of amides is 2. The molecule has 0 saturated carbocycles. The van der Waals surface area contributed by atoms with Crippen LogP contribution in [-0.2, 0) is 11.3 Å². The van der Waals surface area contributed by atoms with Gasteiger partial charge in [0.05, 0.1) is 6.10 Å². The highest BCUT2D eigenvalue weighted by atomic mass is 16.5. The number of anilines is 1. The minimum Gasteiger partial charge on any atom is -0.486 e. The Hall–Kier alpha value is -3.65. The fourth-order valence-corrected chi connectivity index (χ4v) is 3.37. The lowest BCUT2D eigenvalue weighted by molar-refractivity contribution is 0.0850. The van der Waals surface area contributed by atoms with Crippen molar-refractivity contribution in [3.63, 3.8) is 0 Å². The van der Waals surface area contributed by atoms with Gasteiger partial charge < -0.3 is 24.6 Å². The number of aromatic nitrogens is 1. The van der Waals surface area contributed by atoms with E-state index in [2.05, 4.69) is 15.8 Å². The molecule has 32 heavy (non-hydrogen) atoms. The van der Waals surface area contributed by atoms with E-state index in [0.29, 0.717) is 29.3 Å². The second kappa shape index (κ2) is 10.1. The molecular formula is C24H25N3O5. The minimum atomic E-state index is -0.302. The molecule has 2 amide bonds. The Morgan fingerprint density at radius 3 is 2.72 bits per heavy atom. The van der Waals surface area contributed by atoms with E-state index >= 15 is 0 Å². The number of nitrogens with zero attached hydrogens (tertiary/aromatic N) is 1. The summed E-state index contributed by atoms with van der Waals surface area (Å²) in [6.07, 6.45) is 2.04. The van der Waals surface area contributed by atoms with Crippen molar-refractivity contribution in [2.75, 3.05) is 18.5 Å². The molecule has 4 rings (SSSR count). The molecule has 0 aliphatic carbocycles. The number of carbonyl (C=O) groups excluding carboxylic acids is 2. The smallest absolute Gasteiger partial charge is 0.273 e. The minimum absolute atomic E-state index is 0.0678. The number of nitrogens with one attached hydrogen (secondary N) is 2. The molecule has 2 heterocycles. The van der Waals surface area contributed by atoms with Crippen LogP contribution in [0.3, 0.4) is 0 Å². The molecule has 1 aromatic heterocycles. The van der Waals surface area contributed by atoms with Crippen LogP contribution in [-0.4, -0.2) is 36.2 Å². The third kappa shape index (κ3) is 5.73. The second-order valence-electron chi connectivity index (χ2n) is 7.66. The van der Waals surface area contributed by atoms with Gasteiger partial charge in [-0.05, 0) is 56.2 Å². The van der Waals surface area contributed by atoms with Crippen molar-refractivity contribution in [3.8, 4) is 5.75 Å². The molecule has 2 N–H and O–H groups in total. The second-order valence-corrected chi connectivity index (χ2v) is 7.66. The van der Waals surface area contributed by atoms with Gasteiger partial charge in [-0.1, -0.05) is 22.9 Å². The van der Waals surface area contributed by atoms with Gasteiger partial charge in [-0.2, -0.15) is 0 Å². The van der Waals surface area contributed by atoms with Crippen molar-refractivity contribution in [3.05, 3.63) is 77.2 Å². The summed E-state index contributed by atoms with van der Waals surface area (Å²) in [5.74, 6) is 0.557. The van der Waals surface area contributed by atoms with Crippen molar-refractivity contribution in [2.45, 2.75) is 32.5 Å². The molecule has 166 valence electrons. The first-order chi connectivity index (χ1) is 15.6. The lowest BCUT2D eigenvalue weighted by Crippen LogP contribution is -2.31. The van der Waals surface area contributed by atoms with Crippen LogP contribution in [0.4, 0.5) is 5.69 Å². The summed E-state index contributed by atoms with van der Waals surface area (Å²) < 4.78 is 16.4. The van der Waals surface area contributed by atoms with Gasteiger partial charge >= 0.3 is 0 Å². The van der Waals surface area contributed by atoms with E-state index < -0.39 is 0 Å². The Bertz CT molecular complexity index is 1070. The normalized spacial score (nSPS) is 15.3. The standard InChI is InChI=1S/C24H25N3O5/c1-16-4-2-5-17(12-16)23(28)26-18-7-9-19(10-8-18)31-15-21-13-22(27-32-21)24(29)25-14-20-6-3-11-30-20/h2,4-5,7-10,12-13,20H,3,6,11,14-15H2,1H3,(H,25,29)(H,26,28)/t20-/m0/s1. The van der Waals surface area contributed by atoms with Crippen molar-refractivity contribution in [1.29, 1.82) is 0 Å². The molecule has 3 aromatic rings. The molecule has 8 heteroatoms. The number of rotatable bonds is 8. The monoisotopic (exact) mass is 435 g/mol. The van der Waals surface area contributed by atoms with Gasteiger partial charge in [-0.25, -0.2) is 0 Å². The molecule has 8 nitrogen and oxygen atoms in total. The Labute approximate surface area is 185 Å². The average molecular weight is 435 g/mol. The van der Waals surface area contributed by atoms with Crippen LogP contribution in [0.25, 0.3) is 0 Å². The highest BCUT2D eigenvalue weighted by Crippen LogP contribution is 2.18. The van der Waals surface area contributed by atoms with Crippen LogP contribution < -0.4 is 15.4 Å². The van der Waals surface area contributed by atoms with Crippen LogP contribution >= 0.6 is 0 Å². The maximum atomic E-state index is 12.3.